The molecule has 0 unspecified atom stereocenters. The van der Waals surface area contributed by atoms with Gasteiger partial charge < -0.3 is 9.32 Å². The van der Waals surface area contributed by atoms with E-state index in [9.17, 15) is 0 Å². The number of nitrogens with zero attached hydrogens (tertiary/aromatic N) is 2. The summed E-state index contributed by atoms with van der Waals surface area (Å²) in [6.45, 7) is 0. The molecular weight excluding hydrogens is 512 g/mol. The normalized spacial score (nSPS) is 11.3. The Morgan fingerprint density at radius 3 is 2.07 bits per heavy atom. The minimum Gasteiger partial charge on any atom is -0.454 e. The number of hydrogen-bond acceptors (Lipinski definition) is 3. The van der Waals surface area contributed by atoms with E-state index in [0.717, 1.165) is 66.5 Å². The fourth-order valence-electron chi connectivity index (χ4n) is 5.93. The summed E-state index contributed by atoms with van der Waals surface area (Å²) in [5, 5.41) is 4.37. The van der Waals surface area contributed by atoms with E-state index in [-0.39, 0.29) is 0 Å². The van der Waals surface area contributed by atoms with Gasteiger partial charge in [0.15, 0.2) is 5.58 Å². The van der Waals surface area contributed by atoms with E-state index in [1.807, 2.05) is 18.5 Å². The molecule has 42 heavy (non-hydrogen) atoms. The predicted octanol–water partition coefficient (Wildman–Crippen LogP) is 10.9. The summed E-state index contributed by atoms with van der Waals surface area (Å²) in [6, 6.07) is 51.2. The Hall–Kier alpha value is -5.67. The Balaban J connectivity index is 1.41. The molecule has 0 spiro atoms. The van der Waals surface area contributed by atoms with E-state index in [1.165, 1.54) is 5.56 Å². The number of hydrogen-bond donors (Lipinski definition) is 0. The highest BCUT2D eigenvalue weighted by molar-refractivity contribution is 6.14. The van der Waals surface area contributed by atoms with Crippen molar-refractivity contribution in [3.63, 3.8) is 0 Å². The maximum absolute atomic E-state index is 6.71. The first-order chi connectivity index (χ1) is 20.8. The molecule has 0 aliphatic carbocycles. The molecule has 0 N–H and O–H groups in total. The van der Waals surface area contributed by atoms with Crippen LogP contribution in [0.25, 0.3) is 55.0 Å². The molecule has 8 rings (SSSR count). The standard InChI is InChI=1S/C39H26N2O/c1-3-11-27(12-4-1)29-15-9-16-32(23-29)41(36-19-8-7-17-33(36)28-13-5-2-6-14-28)37-20-10-18-34-35-24-31-26-40-22-21-30(31)25-38(35)42-39(34)37/h1-26H. The number of fused-ring (bicyclic) bond motifs is 4. The highest BCUT2D eigenvalue weighted by Gasteiger charge is 2.22. The zero-order valence-electron chi connectivity index (χ0n) is 22.8. The molecule has 2 heterocycles. The third kappa shape index (κ3) is 4.11. The van der Waals surface area contributed by atoms with Crippen molar-refractivity contribution in [3.05, 3.63) is 158 Å². The summed E-state index contributed by atoms with van der Waals surface area (Å²) in [5.41, 5.74) is 9.48. The topological polar surface area (TPSA) is 29.3 Å². The Morgan fingerprint density at radius 2 is 1.21 bits per heavy atom. The van der Waals surface area contributed by atoms with Crippen LogP contribution >= 0.6 is 0 Å². The average molecular weight is 539 g/mol. The lowest BCUT2D eigenvalue weighted by Gasteiger charge is -2.28. The van der Waals surface area contributed by atoms with Gasteiger partial charge in [0.1, 0.15) is 5.58 Å². The Kier molecular flexibility index (Phi) is 5.79. The molecule has 0 bridgehead atoms. The third-order valence-electron chi connectivity index (χ3n) is 7.92. The molecule has 198 valence electrons. The van der Waals surface area contributed by atoms with Gasteiger partial charge in [0.25, 0.3) is 0 Å². The van der Waals surface area contributed by atoms with E-state index in [1.54, 1.807) is 0 Å². The fraction of sp³-hybridized carbons (Fsp3) is 0. The lowest BCUT2D eigenvalue weighted by Crippen LogP contribution is -2.11. The Morgan fingerprint density at radius 1 is 0.500 bits per heavy atom. The van der Waals surface area contributed by atoms with E-state index < -0.39 is 0 Å². The minimum atomic E-state index is 0.851. The van der Waals surface area contributed by atoms with Gasteiger partial charge in [0.2, 0.25) is 0 Å². The van der Waals surface area contributed by atoms with Gasteiger partial charge in [0.05, 0.1) is 11.4 Å². The quantitative estimate of drug-likeness (QED) is 0.218. The van der Waals surface area contributed by atoms with Crippen molar-refractivity contribution in [2.24, 2.45) is 0 Å². The van der Waals surface area contributed by atoms with E-state index in [2.05, 4.69) is 149 Å². The second-order valence-electron chi connectivity index (χ2n) is 10.5. The summed E-state index contributed by atoms with van der Waals surface area (Å²) >= 11 is 0. The maximum Gasteiger partial charge on any atom is 0.159 e. The summed E-state index contributed by atoms with van der Waals surface area (Å²) in [6.07, 6.45) is 3.74. The molecule has 3 heteroatoms. The summed E-state index contributed by atoms with van der Waals surface area (Å²) in [4.78, 5) is 6.68. The second-order valence-corrected chi connectivity index (χ2v) is 10.5. The van der Waals surface area contributed by atoms with Gasteiger partial charge in [-0.05, 0) is 64.5 Å². The molecule has 3 nitrogen and oxygen atoms in total. The number of aromatic nitrogens is 1. The summed E-state index contributed by atoms with van der Waals surface area (Å²) in [5.74, 6) is 0. The lowest BCUT2D eigenvalue weighted by molar-refractivity contribution is 0.669. The molecule has 0 saturated carbocycles. The van der Waals surface area contributed by atoms with Gasteiger partial charge in [-0.2, -0.15) is 0 Å². The second kappa shape index (κ2) is 10.1. The smallest absolute Gasteiger partial charge is 0.159 e. The van der Waals surface area contributed by atoms with Gasteiger partial charge >= 0.3 is 0 Å². The molecule has 6 aromatic carbocycles. The fourth-order valence-corrected chi connectivity index (χ4v) is 5.93. The number of benzene rings is 6. The summed E-state index contributed by atoms with van der Waals surface area (Å²) in [7, 11) is 0. The highest BCUT2D eigenvalue weighted by Crippen LogP contribution is 2.46. The van der Waals surface area contributed by atoms with Crippen molar-refractivity contribution in [1.29, 1.82) is 0 Å². The molecule has 0 atom stereocenters. The molecule has 0 aliphatic heterocycles. The van der Waals surface area contributed by atoms with Crippen molar-refractivity contribution in [1.82, 2.24) is 4.98 Å². The van der Waals surface area contributed by atoms with Crippen molar-refractivity contribution in [3.8, 4) is 22.3 Å². The number of rotatable bonds is 5. The SMILES string of the molecule is c1ccc(-c2cccc(N(c3ccccc3-c3ccccc3)c3cccc4c3oc3cc5ccncc5cc34)c2)cc1. The zero-order valence-corrected chi connectivity index (χ0v) is 22.8. The molecule has 0 fully saturated rings. The highest BCUT2D eigenvalue weighted by atomic mass is 16.3. The minimum absolute atomic E-state index is 0.851. The van der Waals surface area contributed by atoms with Crippen LogP contribution in [0.5, 0.6) is 0 Å². The first kappa shape index (κ1) is 24.2. The van der Waals surface area contributed by atoms with Gasteiger partial charge in [-0.25, -0.2) is 0 Å². The Bertz CT molecular complexity index is 2200. The Labute approximate surface area is 243 Å². The van der Waals surface area contributed by atoms with Crippen molar-refractivity contribution < 1.29 is 4.42 Å². The van der Waals surface area contributed by atoms with Crippen LogP contribution in [0, 0.1) is 0 Å². The largest absolute Gasteiger partial charge is 0.454 e. The van der Waals surface area contributed by atoms with Crippen LogP contribution in [0.4, 0.5) is 17.1 Å². The predicted molar refractivity (Wildman–Crippen MR) is 175 cm³/mol. The van der Waals surface area contributed by atoms with Gasteiger partial charge in [-0.1, -0.05) is 103 Å². The van der Waals surface area contributed by atoms with Crippen LogP contribution in [0.3, 0.4) is 0 Å². The van der Waals surface area contributed by atoms with Crippen molar-refractivity contribution in [2.75, 3.05) is 4.90 Å². The summed E-state index contributed by atoms with van der Waals surface area (Å²) < 4.78 is 6.71. The maximum atomic E-state index is 6.71. The van der Waals surface area contributed by atoms with Gasteiger partial charge in [-0.15, -0.1) is 0 Å². The monoisotopic (exact) mass is 538 g/mol. The van der Waals surface area contributed by atoms with Crippen LogP contribution in [-0.2, 0) is 0 Å². The van der Waals surface area contributed by atoms with Crippen molar-refractivity contribution in [2.45, 2.75) is 0 Å². The number of para-hydroxylation sites is 2. The molecular formula is C39H26N2O. The van der Waals surface area contributed by atoms with Crippen LogP contribution in [0.2, 0.25) is 0 Å². The van der Waals surface area contributed by atoms with Crippen LogP contribution in [-0.4, -0.2) is 4.98 Å². The first-order valence-corrected chi connectivity index (χ1v) is 14.1. The van der Waals surface area contributed by atoms with Crippen molar-refractivity contribution >= 4 is 49.8 Å². The molecule has 0 aliphatic rings. The number of anilines is 3. The first-order valence-electron chi connectivity index (χ1n) is 14.1. The molecule has 0 amide bonds. The third-order valence-corrected chi connectivity index (χ3v) is 7.92. The number of furan rings is 1. The molecule has 2 aromatic heterocycles. The molecule has 0 saturated heterocycles. The van der Waals surface area contributed by atoms with Crippen LogP contribution < -0.4 is 4.90 Å². The zero-order chi connectivity index (χ0) is 27.9. The van der Waals surface area contributed by atoms with Gasteiger partial charge in [0, 0.05) is 39.8 Å². The van der Waals surface area contributed by atoms with Crippen LogP contribution in [0.15, 0.2) is 162 Å². The van der Waals surface area contributed by atoms with Gasteiger partial charge in [-0.3, -0.25) is 4.98 Å². The molecule has 0 radical (unpaired) electrons. The van der Waals surface area contributed by atoms with Crippen LogP contribution in [0.1, 0.15) is 0 Å². The van der Waals surface area contributed by atoms with E-state index >= 15 is 0 Å². The average Bonchev–Trinajstić information content (AvgIpc) is 3.43. The lowest BCUT2D eigenvalue weighted by atomic mass is 10.00. The molecule has 8 aromatic rings. The van der Waals surface area contributed by atoms with E-state index in [0.29, 0.717) is 0 Å². The van der Waals surface area contributed by atoms with E-state index in [4.69, 9.17) is 4.42 Å². The number of pyridine rings is 1.